The fourth-order valence-electron chi connectivity index (χ4n) is 2.83. The van der Waals surface area contributed by atoms with Gasteiger partial charge in [-0.15, -0.1) is 0 Å². The van der Waals surface area contributed by atoms with Crippen molar-refractivity contribution in [2.75, 3.05) is 19.8 Å². The minimum absolute atomic E-state index is 0.336. The highest BCUT2D eigenvalue weighted by molar-refractivity contribution is 6.31. The Morgan fingerprint density at radius 3 is 2.89 bits per heavy atom. The average molecular weight is 268 g/mol. The van der Waals surface area contributed by atoms with Gasteiger partial charge in [-0.2, -0.15) is 0 Å². The van der Waals surface area contributed by atoms with Crippen LogP contribution < -0.4 is 5.32 Å². The maximum atomic E-state index is 6.35. The van der Waals surface area contributed by atoms with Crippen LogP contribution in [0, 0.1) is 11.8 Å². The Morgan fingerprint density at radius 2 is 2.22 bits per heavy atom. The van der Waals surface area contributed by atoms with Crippen molar-refractivity contribution in [3.63, 3.8) is 0 Å². The van der Waals surface area contributed by atoms with Crippen LogP contribution in [0.15, 0.2) is 24.3 Å². The van der Waals surface area contributed by atoms with E-state index in [1.165, 1.54) is 5.56 Å². The average Bonchev–Trinajstić information content (AvgIpc) is 2.38. The number of rotatable bonds is 4. The highest BCUT2D eigenvalue weighted by atomic mass is 35.5. The number of hydrogen-bond acceptors (Lipinski definition) is 2. The number of halogens is 1. The molecule has 1 heterocycles. The summed E-state index contributed by atoms with van der Waals surface area (Å²) < 4.78 is 5.55. The molecule has 18 heavy (non-hydrogen) atoms. The van der Waals surface area contributed by atoms with E-state index >= 15 is 0 Å². The Labute approximate surface area is 115 Å². The van der Waals surface area contributed by atoms with E-state index < -0.39 is 0 Å². The molecule has 1 aromatic rings. The lowest BCUT2D eigenvalue weighted by Crippen LogP contribution is -2.37. The molecular formula is C15H22ClNO. The number of hydrogen-bond donors (Lipinski definition) is 1. The van der Waals surface area contributed by atoms with E-state index in [0.29, 0.717) is 17.9 Å². The van der Waals surface area contributed by atoms with E-state index in [9.17, 15) is 0 Å². The molecule has 1 aliphatic heterocycles. The predicted octanol–water partition coefficient (Wildman–Crippen LogP) is 3.66. The van der Waals surface area contributed by atoms with Crippen molar-refractivity contribution < 1.29 is 4.74 Å². The van der Waals surface area contributed by atoms with Gasteiger partial charge in [-0.3, -0.25) is 0 Å². The molecule has 0 amide bonds. The van der Waals surface area contributed by atoms with Gasteiger partial charge in [-0.25, -0.2) is 0 Å². The summed E-state index contributed by atoms with van der Waals surface area (Å²) >= 11 is 6.35. The number of nitrogens with one attached hydrogen (secondary N) is 1. The third-order valence-electron chi connectivity index (χ3n) is 3.80. The van der Waals surface area contributed by atoms with Crippen molar-refractivity contribution in [3.8, 4) is 0 Å². The molecule has 1 aromatic carbocycles. The van der Waals surface area contributed by atoms with Gasteiger partial charge in [0.1, 0.15) is 0 Å². The van der Waals surface area contributed by atoms with Gasteiger partial charge in [0, 0.05) is 24.3 Å². The first-order valence-corrected chi connectivity index (χ1v) is 7.17. The molecule has 0 radical (unpaired) electrons. The molecule has 3 unspecified atom stereocenters. The number of benzene rings is 1. The van der Waals surface area contributed by atoms with Crippen LogP contribution in [0.4, 0.5) is 0 Å². The predicted molar refractivity (Wildman–Crippen MR) is 76.0 cm³/mol. The molecule has 0 aliphatic carbocycles. The first-order valence-electron chi connectivity index (χ1n) is 6.79. The van der Waals surface area contributed by atoms with E-state index in [2.05, 4.69) is 31.3 Å². The quantitative estimate of drug-likeness (QED) is 0.899. The highest BCUT2D eigenvalue weighted by Gasteiger charge is 2.31. The van der Waals surface area contributed by atoms with Gasteiger partial charge in [0.2, 0.25) is 0 Å². The Morgan fingerprint density at radius 1 is 1.44 bits per heavy atom. The van der Waals surface area contributed by atoms with Gasteiger partial charge in [-0.05, 0) is 36.4 Å². The molecule has 2 rings (SSSR count). The van der Waals surface area contributed by atoms with Gasteiger partial charge in [0.25, 0.3) is 0 Å². The third kappa shape index (κ3) is 3.05. The van der Waals surface area contributed by atoms with Crippen molar-refractivity contribution in [3.05, 3.63) is 34.9 Å². The van der Waals surface area contributed by atoms with Crippen LogP contribution in [-0.2, 0) is 4.74 Å². The minimum atomic E-state index is 0.336. The Hall–Kier alpha value is -0.570. The summed E-state index contributed by atoms with van der Waals surface area (Å²) in [5, 5.41) is 4.46. The lowest BCUT2D eigenvalue weighted by atomic mass is 9.80. The maximum Gasteiger partial charge on any atom is 0.0494 e. The molecule has 1 N–H and O–H groups in total. The summed E-state index contributed by atoms with van der Waals surface area (Å²) in [6, 6.07) is 8.50. The largest absolute Gasteiger partial charge is 0.381 e. The highest BCUT2D eigenvalue weighted by Crippen LogP contribution is 2.36. The zero-order valence-corrected chi connectivity index (χ0v) is 11.9. The van der Waals surface area contributed by atoms with Crippen LogP contribution >= 0.6 is 11.6 Å². The molecule has 1 aliphatic rings. The maximum absolute atomic E-state index is 6.35. The second kappa shape index (κ2) is 6.55. The summed E-state index contributed by atoms with van der Waals surface area (Å²) in [4.78, 5) is 0. The van der Waals surface area contributed by atoms with E-state index in [4.69, 9.17) is 16.3 Å². The Kier molecular flexibility index (Phi) is 5.04. The fourth-order valence-corrected chi connectivity index (χ4v) is 3.08. The minimum Gasteiger partial charge on any atom is -0.381 e. The molecular weight excluding hydrogens is 246 g/mol. The van der Waals surface area contributed by atoms with Crippen LogP contribution in [-0.4, -0.2) is 19.8 Å². The van der Waals surface area contributed by atoms with E-state index in [-0.39, 0.29) is 0 Å². The zero-order chi connectivity index (χ0) is 13.0. The normalized spacial score (nSPS) is 25.9. The standard InChI is InChI=1S/C15H22ClNO/c1-3-17-15(12-8-9-18-10-11(12)2)13-6-4-5-7-14(13)16/h4-7,11-12,15,17H,3,8-10H2,1-2H3. The van der Waals surface area contributed by atoms with E-state index in [1.807, 2.05) is 12.1 Å². The summed E-state index contributed by atoms with van der Waals surface area (Å²) in [6.07, 6.45) is 1.10. The van der Waals surface area contributed by atoms with Crippen molar-refractivity contribution in [2.24, 2.45) is 11.8 Å². The molecule has 3 heteroatoms. The molecule has 100 valence electrons. The molecule has 0 aromatic heterocycles. The van der Waals surface area contributed by atoms with Crippen LogP contribution in [0.1, 0.15) is 31.9 Å². The Balaban J connectivity index is 2.24. The van der Waals surface area contributed by atoms with Crippen LogP contribution in [0.3, 0.4) is 0 Å². The molecule has 1 fully saturated rings. The first kappa shape index (κ1) is 13.9. The van der Waals surface area contributed by atoms with E-state index in [1.54, 1.807) is 0 Å². The topological polar surface area (TPSA) is 21.3 Å². The summed E-state index contributed by atoms with van der Waals surface area (Å²) in [6.45, 7) is 7.09. The lowest BCUT2D eigenvalue weighted by Gasteiger charge is -2.36. The SMILES string of the molecule is CCNC(c1ccccc1Cl)C1CCOCC1C. The molecule has 2 nitrogen and oxygen atoms in total. The van der Waals surface area contributed by atoms with Gasteiger partial charge < -0.3 is 10.1 Å². The molecule has 1 saturated heterocycles. The summed E-state index contributed by atoms with van der Waals surface area (Å²) in [7, 11) is 0. The second-order valence-corrected chi connectivity index (χ2v) is 5.47. The van der Waals surface area contributed by atoms with Gasteiger partial charge in [0.05, 0.1) is 0 Å². The van der Waals surface area contributed by atoms with Crippen molar-refractivity contribution in [1.29, 1.82) is 0 Å². The molecule has 3 atom stereocenters. The summed E-state index contributed by atoms with van der Waals surface area (Å²) in [5.41, 5.74) is 1.22. The number of ether oxygens (including phenoxy) is 1. The van der Waals surface area contributed by atoms with Gasteiger partial charge in [0.15, 0.2) is 0 Å². The summed E-state index contributed by atoms with van der Waals surface area (Å²) in [5.74, 6) is 1.16. The first-order chi connectivity index (χ1) is 8.74. The van der Waals surface area contributed by atoms with Crippen LogP contribution in [0.2, 0.25) is 5.02 Å². The molecule has 0 saturated carbocycles. The van der Waals surface area contributed by atoms with Crippen molar-refractivity contribution >= 4 is 11.6 Å². The second-order valence-electron chi connectivity index (χ2n) is 5.06. The van der Waals surface area contributed by atoms with Crippen LogP contribution in [0.25, 0.3) is 0 Å². The third-order valence-corrected chi connectivity index (χ3v) is 4.14. The van der Waals surface area contributed by atoms with Crippen molar-refractivity contribution in [2.45, 2.75) is 26.3 Å². The lowest BCUT2D eigenvalue weighted by molar-refractivity contribution is 0.0108. The monoisotopic (exact) mass is 267 g/mol. The molecule has 0 bridgehead atoms. The Bertz CT molecular complexity index is 383. The fraction of sp³-hybridized carbons (Fsp3) is 0.600. The van der Waals surface area contributed by atoms with Gasteiger partial charge >= 0.3 is 0 Å². The zero-order valence-electron chi connectivity index (χ0n) is 11.2. The van der Waals surface area contributed by atoms with Gasteiger partial charge in [-0.1, -0.05) is 43.6 Å². The molecule has 0 spiro atoms. The smallest absolute Gasteiger partial charge is 0.0494 e. The van der Waals surface area contributed by atoms with Crippen LogP contribution in [0.5, 0.6) is 0 Å². The van der Waals surface area contributed by atoms with E-state index in [0.717, 1.165) is 31.2 Å². The van der Waals surface area contributed by atoms with Crippen molar-refractivity contribution in [1.82, 2.24) is 5.32 Å².